The van der Waals surface area contributed by atoms with Crippen LogP contribution in [0.15, 0.2) is 53.7 Å². The number of carbonyl (C=O) groups is 2. The minimum absolute atomic E-state index is 0.0253. The molecule has 0 fully saturated rings. The van der Waals surface area contributed by atoms with Gasteiger partial charge < -0.3 is 5.73 Å². The fraction of sp³-hybridized carbons (Fsp3) is 0.111. The van der Waals surface area contributed by atoms with Crippen LogP contribution in [-0.4, -0.2) is 32.5 Å². The molecular weight excluding hydrogens is 386 g/mol. The van der Waals surface area contributed by atoms with Crippen molar-refractivity contribution in [3.8, 4) is 17.1 Å². The second-order valence-corrected chi connectivity index (χ2v) is 7.07. The minimum atomic E-state index is -0.889. The number of urea groups is 1. The van der Waals surface area contributed by atoms with E-state index < -0.39 is 11.9 Å². The lowest BCUT2D eigenvalue weighted by atomic mass is 10.1. The molecule has 1 aromatic heterocycles. The van der Waals surface area contributed by atoms with Crippen molar-refractivity contribution in [1.82, 2.24) is 20.1 Å². The summed E-state index contributed by atoms with van der Waals surface area (Å²) in [6.45, 7) is 2.00. The van der Waals surface area contributed by atoms with Crippen LogP contribution < -0.4 is 11.1 Å². The lowest BCUT2D eigenvalue weighted by Crippen LogP contribution is -2.36. The van der Waals surface area contributed by atoms with Gasteiger partial charge in [-0.05, 0) is 37.3 Å². The zero-order valence-corrected chi connectivity index (χ0v) is 15.9. The number of aromatic nitrogens is 3. The number of hydrogen-bond acceptors (Lipinski definition) is 5. The van der Waals surface area contributed by atoms with Crippen molar-refractivity contribution in [3.63, 3.8) is 0 Å². The number of carbonyl (C=O) groups excluding carboxylic acids is 2. The van der Waals surface area contributed by atoms with Crippen LogP contribution in [0.2, 0.25) is 5.02 Å². The third kappa shape index (κ3) is 4.66. The SMILES string of the molecule is Cc1cccc(-c2nnc(SCC(=O)NC(N)=O)n2-c2ccc(Cl)cc2)c1. The van der Waals surface area contributed by atoms with Crippen LogP contribution in [0.5, 0.6) is 0 Å². The minimum Gasteiger partial charge on any atom is -0.351 e. The van der Waals surface area contributed by atoms with Gasteiger partial charge in [0, 0.05) is 16.3 Å². The third-order valence-corrected chi connectivity index (χ3v) is 4.77. The Balaban J connectivity index is 1.99. The quantitative estimate of drug-likeness (QED) is 0.639. The molecule has 0 atom stereocenters. The summed E-state index contributed by atoms with van der Waals surface area (Å²) in [4.78, 5) is 22.5. The molecule has 0 bridgehead atoms. The van der Waals surface area contributed by atoms with Crippen LogP contribution in [0, 0.1) is 6.92 Å². The third-order valence-electron chi connectivity index (χ3n) is 3.59. The van der Waals surface area contributed by atoms with Crippen LogP contribution >= 0.6 is 23.4 Å². The first-order valence-electron chi connectivity index (χ1n) is 7.94. The summed E-state index contributed by atoms with van der Waals surface area (Å²) in [5.74, 6) is 0.108. The molecule has 138 valence electrons. The first-order chi connectivity index (χ1) is 12.9. The van der Waals surface area contributed by atoms with Gasteiger partial charge in [-0.3, -0.25) is 14.7 Å². The van der Waals surface area contributed by atoms with E-state index in [1.807, 2.05) is 53.2 Å². The maximum Gasteiger partial charge on any atom is 0.318 e. The zero-order chi connectivity index (χ0) is 19.4. The predicted octanol–water partition coefficient (Wildman–Crippen LogP) is 3.18. The molecule has 0 saturated heterocycles. The van der Waals surface area contributed by atoms with E-state index in [2.05, 4.69) is 10.2 Å². The van der Waals surface area contributed by atoms with Crippen LogP contribution in [0.1, 0.15) is 5.56 Å². The number of amides is 3. The highest BCUT2D eigenvalue weighted by atomic mass is 35.5. The van der Waals surface area contributed by atoms with Crippen molar-refractivity contribution < 1.29 is 9.59 Å². The number of halogens is 1. The first-order valence-corrected chi connectivity index (χ1v) is 9.31. The van der Waals surface area contributed by atoms with E-state index in [0.29, 0.717) is 16.0 Å². The van der Waals surface area contributed by atoms with Gasteiger partial charge in [-0.1, -0.05) is 47.1 Å². The Morgan fingerprint density at radius 1 is 1.19 bits per heavy atom. The topological polar surface area (TPSA) is 103 Å². The van der Waals surface area contributed by atoms with E-state index in [9.17, 15) is 9.59 Å². The van der Waals surface area contributed by atoms with Crippen LogP contribution in [0.4, 0.5) is 4.79 Å². The average Bonchev–Trinajstić information content (AvgIpc) is 3.04. The molecule has 0 spiro atoms. The predicted molar refractivity (Wildman–Crippen MR) is 105 cm³/mol. The summed E-state index contributed by atoms with van der Waals surface area (Å²) in [6, 6.07) is 14.2. The largest absolute Gasteiger partial charge is 0.351 e. The van der Waals surface area contributed by atoms with Gasteiger partial charge in [0.1, 0.15) is 0 Å². The van der Waals surface area contributed by atoms with Gasteiger partial charge in [-0.25, -0.2) is 4.79 Å². The summed E-state index contributed by atoms with van der Waals surface area (Å²) >= 11 is 7.15. The van der Waals surface area contributed by atoms with E-state index in [4.69, 9.17) is 17.3 Å². The fourth-order valence-corrected chi connectivity index (χ4v) is 3.34. The van der Waals surface area contributed by atoms with Gasteiger partial charge in [0.15, 0.2) is 11.0 Å². The Morgan fingerprint density at radius 2 is 1.93 bits per heavy atom. The van der Waals surface area contributed by atoms with Crippen molar-refractivity contribution in [1.29, 1.82) is 0 Å². The fourth-order valence-electron chi connectivity index (χ4n) is 2.46. The lowest BCUT2D eigenvalue weighted by molar-refractivity contribution is -0.117. The van der Waals surface area contributed by atoms with Crippen molar-refractivity contribution in [2.24, 2.45) is 5.73 Å². The van der Waals surface area contributed by atoms with E-state index >= 15 is 0 Å². The maximum atomic E-state index is 11.7. The number of nitrogens with one attached hydrogen (secondary N) is 1. The van der Waals surface area contributed by atoms with E-state index in [-0.39, 0.29) is 5.75 Å². The average molecular weight is 402 g/mol. The van der Waals surface area contributed by atoms with E-state index in [1.165, 1.54) is 0 Å². The van der Waals surface area contributed by atoms with Gasteiger partial charge in [-0.15, -0.1) is 10.2 Å². The van der Waals surface area contributed by atoms with E-state index in [0.717, 1.165) is 28.6 Å². The Bertz CT molecular complexity index is 988. The van der Waals surface area contributed by atoms with Gasteiger partial charge in [0.25, 0.3) is 0 Å². The number of hydrogen-bond donors (Lipinski definition) is 2. The van der Waals surface area contributed by atoms with Crippen molar-refractivity contribution in [2.45, 2.75) is 12.1 Å². The second-order valence-electron chi connectivity index (χ2n) is 5.69. The number of primary amides is 1. The Labute approximate surface area is 164 Å². The Hall–Kier alpha value is -2.84. The molecule has 3 aromatic rings. The van der Waals surface area contributed by atoms with Crippen LogP contribution in [-0.2, 0) is 4.79 Å². The number of benzene rings is 2. The highest BCUT2D eigenvalue weighted by Gasteiger charge is 2.17. The molecule has 0 aliphatic rings. The van der Waals surface area contributed by atoms with Crippen molar-refractivity contribution >= 4 is 35.3 Å². The highest BCUT2D eigenvalue weighted by Crippen LogP contribution is 2.29. The Morgan fingerprint density at radius 3 is 2.59 bits per heavy atom. The smallest absolute Gasteiger partial charge is 0.318 e. The second kappa shape index (κ2) is 8.24. The number of aryl methyl sites for hydroxylation is 1. The lowest BCUT2D eigenvalue weighted by Gasteiger charge is -2.11. The number of nitrogens with zero attached hydrogens (tertiary/aromatic N) is 3. The Kier molecular flexibility index (Phi) is 5.78. The van der Waals surface area contributed by atoms with Crippen molar-refractivity contribution in [2.75, 3.05) is 5.75 Å². The number of thioether (sulfide) groups is 1. The molecule has 3 amide bonds. The summed E-state index contributed by atoms with van der Waals surface area (Å²) in [5, 5.41) is 11.7. The monoisotopic (exact) mass is 401 g/mol. The van der Waals surface area contributed by atoms with Crippen LogP contribution in [0.25, 0.3) is 17.1 Å². The number of nitrogens with two attached hydrogens (primary N) is 1. The molecule has 27 heavy (non-hydrogen) atoms. The molecule has 3 rings (SSSR count). The van der Waals surface area contributed by atoms with Gasteiger partial charge in [0.05, 0.1) is 5.75 Å². The van der Waals surface area contributed by atoms with Crippen LogP contribution in [0.3, 0.4) is 0 Å². The van der Waals surface area contributed by atoms with E-state index in [1.54, 1.807) is 12.1 Å². The van der Waals surface area contributed by atoms with Gasteiger partial charge >= 0.3 is 6.03 Å². The number of rotatable bonds is 5. The molecule has 0 radical (unpaired) electrons. The normalized spacial score (nSPS) is 10.6. The molecule has 0 unspecified atom stereocenters. The standard InChI is InChI=1S/C18H16ClN5O2S/c1-11-3-2-4-12(9-11)16-22-23-18(27-10-15(25)21-17(20)26)24(16)14-7-5-13(19)6-8-14/h2-9H,10H2,1H3,(H3,20,21,25,26). The summed E-state index contributed by atoms with van der Waals surface area (Å²) in [5.41, 5.74) is 7.76. The molecule has 2 aromatic carbocycles. The van der Waals surface area contributed by atoms with Gasteiger partial charge in [0.2, 0.25) is 5.91 Å². The molecule has 1 heterocycles. The molecule has 9 heteroatoms. The van der Waals surface area contributed by atoms with Crippen molar-refractivity contribution in [3.05, 3.63) is 59.1 Å². The van der Waals surface area contributed by atoms with Gasteiger partial charge in [-0.2, -0.15) is 0 Å². The molecule has 0 saturated carbocycles. The number of imide groups is 1. The molecule has 7 nitrogen and oxygen atoms in total. The zero-order valence-electron chi connectivity index (χ0n) is 14.3. The molecular formula is C18H16ClN5O2S. The highest BCUT2D eigenvalue weighted by molar-refractivity contribution is 7.99. The summed E-state index contributed by atoms with van der Waals surface area (Å²) in [7, 11) is 0. The summed E-state index contributed by atoms with van der Waals surface area (Å²) < 4.78 is 1.84. The maximum absolute atomic E-state index is 11.7. The molecule has 3 N–H and O–H groups in total. The summed E-state index contributed by atoms with van der Waals surface area (Å²) in [6.07, 6.45) is 0. The molecule has 0 aliphatic carbocycles. The molecule has 0 aliphatic heterocycles. The first kappa shape index (κ1) is 18.9.